The minimum absolute atomic E-state index is 0.767. The molecule has 0 fully saturated rings. The second kappa shape index (κ2) is 2.44. The molecule has 1 aliphatic rings. The molecule has 0 saturated heterocycles. The van der Waals surface area contributed by atoms with Crippen molar-refractivity contribution in [2.75, 3.05) is 13.6 Å². The van der Waals surface area contributed by atoms with E-state index < -0.39 is 0 Å². The highest BCUT2D eigenvalue weighted by Crippen LogP contribution is 1.99. The lowest BCUT2D eigenvalue weighted by Crippen LogP contribution is -2.23. The summed E-state index contributed by atoms with van der Waals surface area (Å²) in [5.41, 5.74) is 7.33. The Balaban J connectivity index is 2.68. The minimum atomic E-state index is 0.767. The monoisotopic (exact) mass is 125 g/mol. The Morgan fingerprint density at radius 2 is 2.56 bits per heavy atom. The molecule has 0 aromatic rings. The van der Waals surface area contributed by atoms with Gasteiger partial charge in [-0.15, -0.1) is 0 Å². The fourth-order valence-corrected chi connectivity index (χ4v) is 0.772. The fraction of sp³-hybridized carbons (Fsp3) is 0.333. The van der Waals surface area contributed by atoms with Gasteiger partial charge in [0.2, 0.25) is 0 Å². The van der Waals surface area contributed by atoms with Crippen LogP contribution in [0.25, 0.3) is 0 Å². The predicted octanol–water partition coefficient (Wildman–Crippen LogP) is -0.507. The SMILES string of the molecule is CNC1=CCNC=C1N. The molecule has 0 bridgehead atoms. The van der Waals surface area contributed by atoms with Gasteiger partial charge >= 0.3 is 0 Å². The van der Waals surface area contributed by atoms with Crippen molar-refractivity contribution >= 4 is 0 Å². The van der Waals surface area contributed by atoms with Crippen LogP contribution in [0.2, 0.25) is 0 Å². The molecule has 1 heterocycles. The van der Waals surface area contributed by atoms with Gasteiger partial charge in [-0.05, 0) is 6.08 Å². The molecule has 3 heteroatoms. The van der Waals surface area contributed by atoms with Crippen LogP contribution in [0.15, 0.2) is 23.7 Å². The van der Waals surface area contributed by atoms with E-state index in [0.29, 0.717) is 0 Å². The van der Waals surface area contributed by atoms with Crippen molar-refractivity contribution in [3.63, 3.8) is 0 Å². The summed E-state index contributed by atoms with van der Waals surface area (Å²) in [7, 11) is 1.86. The predicted molar refractivity (Wildman–Crippen MR) is 37.4 cm³/mol. The van der Waals surface area contributed by atoms with E-state index in [1.165, 1.54) is 0 Å². The summed E-state index contributed by atoms with van der Waals surface area (Å²) in [6.45, 7) is 0.858. The molecule has 0 radical (unpaired) electrons. The van der Waals surface area contributed by atoms with Crippen LogP contribution < -0.4 is 16.4 Å². The van der Waals surface area contributed by atoms with Gasteiger partial charge in [0.15, 0.2) is 0 Å². The third-order valence-electron chi connectivity index (χ3n) is 1.26. The number of dihydropyridines is 1. The van der Waals surface area contributed by atoms with Crippen LogP contribution in [0.5, 0.6) is 0 Å². The number of hydrogen-bond acceptors (Lipinski definition) is 3. The molecular weight excluding hydrogens is 114 g/mol. The Morgan fingerprint density at radius 1 is 1.78 bits per heavy atom. The van der Waals surface area contributed by atoms with Gasteiger partial charge in [0.25, 0.3) is 0 Å². The summed E-state index contributed by atoms with van der Waals surface area (Å²) in [5, 5.41) is 5.98. The van der Waals surface area contributed by atoms with Crippen LogP contribution in [0.1, 0.15) is 0 Å². The fourth-order valence-electron chi connectivity index (χ4n) is 0.772. The number of rotatable bonds is 1. The Morgan fingerprint density at radius 3 is 3.00 bits per heavy atom. The zero-order valence-corrected chi connectivity index (χ0v) is 5.44. The first-order chi connectivity index (χ1) is 4.34. The van der Waals surface area contributed by atoms with E-state index in [2.05, 4.69) is 10.6 Å². The Hall–Kier alpha value is -1.12. The van der Waals surface area contributed by atoms with Crippen LogP contribution in [-0.4, -0.2) is 13.6 Å². The third-order valence-corrected chi connectivity index (χ3v) is 1.26. The zero-order valence-electron chi connectivity index (χ0n) is 5.44. The topological polar surface area (TPSA) is 50.1 Å². The zero-order chi connectivity index (χ0) is 6.69. The van der Waals surface area contributed by atoms with E-state index in [4.69, 9.17) is 5.73 Å². The van der Waals surface area contributed by atoms with Crippen molar-refractivity contribution in [1.29, 1.82) is 0 Å². The van der Waals surface area contributed by atoms with Gasteiger partial charge in [0, 0.05) is 19.8 Å². The highest BCUT2D eigenvalue weighted by atomic mass is 14.9. The minimum Gasteiger partial charge on any atom is -0.396 e. The second-order valence-corrected chi connectivity index (χ2v) is 1.88. The van der Waals surface area contributed by atoms with Gasteiger partial charge in [0.1, 0.15) is 0 Å². The van der Waals surface area contributed by atoms with Gasteiger partial charge in [-0.25, -0.2) is 0 Å². The maximum atomic E-state index is 5.56. The molecule has 0 spiro atoms. The van der Waals surface area contributed by atoms with Crippen molar-refractivity contribution in [1.82, 2.24) is 10.6 Å². The van der Waals surface area contributed by atoms with Gasteiger partial charge in [-0.2, -0.15) is 0 Å². The van der Waals surface area contributed by atoms with Crippen LogP contribution in [0, 0.1) is 0 Å². The molecule has 3 nitrogen and oxygen atoms in total. The lowest BCUT2D eigenvalue weighted by molar-refractivity contribution is 0.874. The lowest BCUT2D eigenvalue weighted by Gasteiger charge is -2.12. The van der Waals surface area contributed by atoms with E-state index in [0.717, 1.165) is 17.9 Å². The Bertz CT molecular complexity index is 158. The molecule has 9 heavy (non-hydrogen) atoms. The molecule has 50 valence electrons. The summed E-state index contributed by atoms with van der Waals surface area (Å²) in [6.07, 6.45) is 3.81. The lowest BCUT2D eigenvalue weighted by atomic mass is 10.3. The molecule has 0 saturated carbocycles. The molecule has 0 amide bonds. The molecule has 4 N–H and O–H groups in total. The van der Waals surface area contributed by atoms with Crippen molar-refractivity contribution in [3.05, 3.63) is 23.7 Å². The molecule has 1 rings (SSSR count). The third kappa shape index (κ3) is 1.16. The standard InChI is InChI=1S/C6H11N3/c1-8-6-2-3-9-4-5(6)7/h2,4,8-9H,3,7H2,1H3. The summed E-state index contributed by atoms with van der Waals surface area (Å²) in [4.78, 5) is 0. The summed E-state index contributed by atoms with van der Waals surface area (Å²) in [6, 6.07) is 0. The number of nitrogens with two attached hydrogens (primary N) is 1. The first kappa shape index (κ1) is 6.01. The number of likely N-dealkylation sites (N-methyl/N-ethyl adjacent to an activating group) is 1. The highest BCUT2D eigenvalue weighted by molar-refractivity contribution is 5.28. The highest BCUT2D eigenvalue weighted by Gasteiger charge is 1.99. The van der Waals surface area contributed by atoms with Crippen molar-refractivity contribution in [2.24, 2.45) is 5.73 Å². The number of nitrogens with one attached hydrogen (secondary N) is 2. The maximum Gasteiger partial charge on any atom is 0.0706 e. The average molecular weight is 125 g/mol. The molecule has 0 aromatic carbocycles. The maximum absolute atomic E-state index is 5.56. The van der Waals surface area contributed by atoms with E-state index in [9.17, 15) is 0 Å². The van der Waals surface area contributed by atoms with Crippen molar-refractivity contribution < 1.29 is 0 Å². The molecule has 0 aromatic heterocycles. The van der Waals surface area contributed by atoms with Crippen LogP contribution in [-0.2, 0) is 0 Å². The first-order valence-corrected chi connectivity index (χ1v) is 2.92. The largest absolute Gasteiger partial charge is 0.396 e. The van der Waals surface area contributed by atoms with Gasteiger partial charge in [0.05, 0.1) is 11.4 Å². The van der Waals surface area contributed by atoms with E-state index >= 15 is 0 Å². The summed E-state index contributed by atoms with van der Waals surface area (Å²) in [5.74, 6) is 0. The quantitative estimate of drug-likeness (QED) is 0.442. The molecule has 0 aliphatic carbocycles. The van der Waals surface area contributed by atoms with Crippen LogP contribution >= 0.6 is 0 Å². The Labute approximate surface area is 54.6 Å². The summed E-state index contributed by atoms with van der Waals surface area (Å²) < 4.78 is 0. The number of hydrogen-bond donors (Lipinski definition) is 3. The van der Waals surface area contributed by atoms with Crippen molar-refractivity contribution in [3.8, 4) is 0 Å². The van der Waals surface area contributed by atoms with Gasteiger partial charge in [-0.1, -0.05) is 0 Å². The van der Waals surface area contributed by atoms with Crippen LogP contribution in [0.3, 0.4) is 0 Å². The van der Waals surface area contributed by atoms with E-state index in [1.54, 1.807) is 6.20 Å². The molecular formula is C6H11N3. The smallest absolute Gasteiger partial charge is 0.0706 e. The first-order valence-electron chi connectivity index (χ1n) is 2.92. The van der Waals surface area contributed by atoms with Crippen LogP contribution in [0.4, 0.5) is 0 Å². The van der Waals surface area contributed by atoms with E-state index in [1.807, 2.05) is 13.1 Å². The molecule has 0 unspecified atom stereocenters. The summed E-state index contributed by atoms with van der Waals surface area (Å²) >= 11 is 0. The van der Waals surface area contributed by atoms with Gasteiger partial charge < -0.3 is 16.4 Å². The normalized spacial score (nSPS) is 17.4. The van der Waals surface area contributed by atoms with Gasteiger partial charge in [-0.3, -0.25) is 0 Å². The molecule has 0 atom stereocenters. The molecule has 1 aliphatic heterocycles. The Kier molecular flexibility index (Phi) is 1.63. The van der Waals surface area contributed by atoms with Crippen molar-refractivity contribution in [2.45, 2.75) is 0 Å². The second-order valence-electron chi connectivity index (χ2n) is 1.88. The average Bonchev–Trinajstić information content (AvgIpc) is 1.89. The van der Waals surface area contributed by atoms with E-state index in [-0.39, 0.29) is 0 Å².